The maximum atomic E-state index is 13.0. The molecular formula is C18H21N3O3. The number of fused-ring (bicyclic) bond motifs is 1. The van der Waals surface area contributed by atoms with Crippen LogP contribution in [-0.2, 0) is 6.54 Å². The van der Waals surface area contributed by atoms with Crippen LogP contribution in [0.3, 0.4) is 0 Å². The van der Waals surface area contributed by atoms with E-state index in [-0.39, 0.29) is 11.7 Å². The first-order valence-corrected chi connectivity index (χ1v) is 7.79. The van der Waals surface area contributed by atoms with Gasteiger partial charge in [0.05, 0.1) is 18.5 Å². The van der Waals surface area contributed by atoms with E-state index in [1.165, 1.54) is 0 Å². The summed E-state index contributed by atoms with van der Waals surface area (Å²) < 4.78 is 11.1. The molecule has 3 aromatic rings. The van der Waals surface area contributed by atoms with Crippen molar-refractivity contribution in [3.8, 4) is 0 Å². The van der Waals surface area contributed by atoms with Crippen molar-refractivity contribution >= 4 is 22.6 Å². The predicted octanol–water partition coefficient (Wildman–Crippen LogP) is 2.81. The van der Waals surface area contributed by atoms with Crippen molar-refractivity contribution in [2.45, 2.75) is 6.54 Å². The van der Waals surface area contributed by atoms with Crippen LogP contribution in [-0.4, -0.2) is 42.9 Å². The molecule has 0 aliphatic carbocycles. The number of anilines is 1. The summed E-state index contributed by atoms with van der Waals surface area (Å²) in [5.41, 5.74) is 7.13. The standard InChI is InChI=1S/C18H21N3O3/c1-20(2)9-10-21(12-13-6-5-11-23-13)18(22)17-16(19)14-7-3-4-8-15(14)24-17/h3-8,11H,9-10,12,19H2,1-2H3. The molecule has 24 heavy (non-hydrogen) atoms. The predicted molar refractivity (Wildman–Crippen MR) is 92.6 cm³/mol. The molecule has 126 valence electrons. The average molecular weight is 327 g/mol. The Balaban J connectivity index is 1.89. The molecule has 0 atom stereocenters. The van der Waals surface area contributed by atoms with Crippen LogP contribution in [0.4, 0.5) is 5.69 Å². The third-order valence-electron chi connectivity index (χ3n) is 3.86. The van der Waals surface area contributed by atoms with Crippen LogP contribution in [0.1, 0.15) is 16.3 Å². The smallest absolute Gasteiger partial charge is 0.292 e. The van der Waals surface area contributed by atoms with Gasteiger partial charge in [-0.15, -0.1) is 0 Å². The van der Waals surface area contributed by atoms with E-state index in [1.807, 2.05) is 43.3 Å². The summed E-state index contributed by atoms with van der Waals surface area (Å²) in [4.78, 5) is 16.7. The number of carbonyl (C=O) groups is 1. The van der Waals surface area contributed by atoms with Gasteiger partial charge in [-0.05, 0) is 38.4 Å². The first kappa shape index (κ1) is 16.1. The Labute approximate surface area is 140 Å². The molecule has 2 N–H and O–H groups in total. The number of benzene rings is 1. The lowest BCUT2D eigenvalue weighted by Gasteiger charge is -2.22. The lowest BCUT2D eigenvalue weighted by molar-refractivity contribution is 0.0691. The second kappa shape index (κ2) is 6.80. The molecule has 0 unspecified atom stereocenters. The van der Waals surface area contributed by atoms with E-state index in [1.54, 1.807) is 23.3 Å². The van der Waals surface area contributed by atoms with Crippen LogP contribution in [0.25, 0.3) is 11.0 Å². The van der Waals surface area contributed by atoms with Crippen molar-refractivity contribution in [2.24, 2.45) is 0 Å². The number of nitrogen functional groups attached to an aromatic ring is 1. The highest BCUT2D eigenvalue weighted by Gasteiger charge is 2.24. The van der Waals surface area contributed by atoms with Crippen molar-refractivity contribution < 1.29 is 13.6 Å². The van der Waals surface area contributed by atoms with Gasteiger partial charge in [0.15, 0.2) is 0 Å². The Bertz CT molecular complexity index is 821. The first-order chi connectivity index (χ1) is 11.6. The number of amides is 1. The Hall–Kier alpha value is -2.73. The van der Waals surface area contributed by atoms with Gasteiger partial charge >= 0.3 is 0 Å². The van der Waals surface area contributed by atoms with Crippen LogP contribution in [0.15, 0.2) is 51.5 Å². The topological polar surface area (TPSA) is 75.8 Å². The molecule has 1 aromatic carbocycles. The summed E-state index contributed by atoms with van der Waals surface area (Å²) in [7, 11) is 3.93. The van der Waals surface area contributed by atoms with E-state index in [4.69, 9.17) is 14.6 Å². The first-order valence-electron chi connectivity index (χ1n) is 7.79. The number of nitrogens with zero attached hydrogens (tertiary/aromatic N) is 2. The van der Waals surface area contributed by atoms with Crippen molar-refractivity contribution in [2.75, 3.05) is 32.9 Å². The molecule has 0 aliphatic rings. The van der Waals surface area contributed by atoms with Gasteiger partial charge in [-0.1, -0.05) is 12.1 Å². The fourth-order valence-electron chi connectivity index (χ4n) is 2.53. The second-order valence-corrected chi connectivity index (χ2v) is 5.95. The van der Waals surface area contributed by atoms with Crippen molar-refractivity contribution in [3.05, 3.63) is 54.2 Å². The third kappa shape index (κ3) is 3.28. The van der Waals surface area contributed by atoms with E-state index in [0.29, 0.717) is 24.4 Å². The van der Waals surface area contributed by atoms with Crippen LogP contribution in [0.2, 0.25) is 0 Å². The lowest BCUT2D eigenvalue weighted by Crippen LogP contribution is -2.36. The highest BCUT2D eigenvalue weighted by atomic mass is 16.4. The fraction of sp³-hybridized carbons (Fsp3) is 0.278. The van der Waals surface area contributed by atoms with Crippen LogP contribution < -0.4 is 5.73 Å². The summed E-state index contributed by atoms with van der Waals surface area (Å²) in [5.74, 6) is 0.667. The van der Waals surface area contributed by atoms with Gasteiger partial charge in [-0.3, -0.25) is 4.79 Å². The Morgan fingerprint density at radius 3 is 2.58 bits per heavy atom. The van der Waals surface area contributed by atoms with Gasteiger partial charge in [0, 0.05) is 18.5 Å². The highest BCUT2D eigenvalue weighted by Crippen LogP contribution is 2.29. The maximum Gasteiger partial charge on any atom is 0.292 e. The Morgan fingerprint density at radius 2 is 1.92 bits per heavy atom. The van der Waals surface area contributed by atoms with Gasteiger partial charge < -0.3 is 24.4 Å². The zero-order valence-corrected chi connectivity index (χ0v) is 13.9. The summed E-state index contributed by atoms with van der Waals surface area (Å²) in [6.45, 7) is 1.64. The number of hydrogen-bond acceptors (Lipinski definition) is 5. The molecule has 0 aliphatic heterocycles. The number of hydrogen-bond donors (Lipinski definition) is 1. The summed E-state index contributed by atoms with van der Waals surface area (Å²) in [5, 5.41) is 0.756. The quantitative estimate of drug-likeness (QED) is 0.753. The number of furan rings is 2. The molecule has 6 heteroatoms. The normalized spacial score (nSPS) is 11.3. The average Bonchev–Trinajstić information content (AvgIpc) is 3.19. The zero-order valence-electron chi connectivity index (χ0n) is 13.9. The highest BCUT2D eigenvalue weighted by molar-refractivity contribution is 6.05. The van der Waals surface area contributed by atoms with Crippen molar-refractivity contribution in [1.82, 2.24) is 9.80 Å². The van der Waals surface area contributed by atoms with Gasteiger partial charge in [0.25, 0.3) is 5.91 Å². The maximum absolute atomic E-state index is 13.0. The number of likely N-dealkylation sites (N-methyl/N-ethyl adjacent to an activating group) is 1. The summed E-state index contributed by atoms with van der Waals surface area (Å²) in [6, 6.07) is 11.0. The molecule has 2 heterocycles. The van der Waals surface area contributed by atoms with E-state index < -0.39 is 0 Å². The second-order valence-electron chi connectivity index (χ2n) is 5.95. The number of carbonyl (C=O) groups excluding carboxylic acids is 1. The molecule has 6 nitrogen and oxygen atoms in total. The van der Waals surface area contributed by atoms with Crippen molar-refractivity contribution in [3.63, 3.8) is 0 Å². The third-order valence-corrected chi connectivity index (χ3v) is 3.86. The van der Waals surface area contributed by atoms with E-state index in [2.05, 4.69) is 0 Å². The number of rotatable bonds is 6. The monoisotopic (exact) mass is 327 g/mol. The van der Waals surface area contributed by atoms with Gasteiger partial charge in [0.2, 0.25) is 5.76 Å². The fourth-order valence-corrected chi connectivity index (χ4v) is 2.53. The largest absolute Gasteiger partial charge is 0.467 e. The van der Waals surface area contributed by atoms with Crippen LogP contribution in [0.5, 0.6) is 0 Å². The Kier molecular flexibility index (Phi) is 4.57. The molecule has 0 radical (unpaired) electrons. The van der Waals surface area contributed by atoms with Gasteiger partial charge in [-0.2, -0.15) is 0 Å². The number of para-hydroxylation sites is 1. The minimum atomic E-state index is -0.234. The van der Waals surface area contributed by atoms with E-state index in [9.17, 15) is 4.79 Å². The molecule has 0 fully saturated rings. The Morgan fingerprint density at radius 1 is 1.12 bits per heavy atom. The van der Waals surface area contributed by atoms with E-state index in [0.717, 1.165) is 17.7 Å². The lowest BCUT2D eigenvalue weighted by atomic mass is 10.2. The number of nitrogens with two attached hydrogens (primary N) is 1. The van der Waals surface area contributed by atoms with E-state index >= 15 is 0 Å². The van der Waals surface area contributed by atoms with Crippen molar-refractivity contribution in [1.29, 1.82) is 0 Å². The molecule has 0 bridgehead atoms. The molecular weight excluding hydrogens is 306 g/mol. The molecule has 0 saturated carbocycles. The van der Waals surface area contributed by atoms with Gasteiger partial charge in [0.1, 0.15) is 11.3 Å². The SMILES string of the molecule is CN(C)CCN(Cc1ccco1)C(=O)c1oc2ccccc2c1N. The summed E-state index contributed by atoms with van der Waals surface area (Å²) >= 11 is 0. The molecule has 0 spiro atoms. The molecule has 2 aromatic heterocycles. The zero-order chi connectivity index (χ0) is 17.1. The van der Waals surface area contributed by atoms with Gasteiger partial charge in [-0.25, -0.2) is 0 Å². The van der Waals surface area contributed by atoms with Crippen LogP contribution >= 0.6 is 0 Å². The minimum Gasteiger partial charge on any atom is -0.467 e. The molecule has 0 saturated heterocycles. The molecule has 1 amide bonds. The summed E-state index contributed by atoms with van der Waals surface area (Å²) in [6.07, 6.45) is 1.60. The minimum absolute atomic E-state index is 0.182. The molecule has 3 rings (SSSR count). The van der Waals surface area contributed by atoms with Crippen LogP contribution in [0, 0.1) is 0 Å².